The van der Waals surface area contributed by atoms with Crippen LogP contribution in [0.4, 0.5) is 0 Å². The zero-order chi connectivity index (χ0) is 23.4. The van der Waals surface area contributed by atoms with E-state index in [1.165, 1.54) is 0 Å². The summed E-state index contributed by atoms with van der Waals surface area (Å²) in [7, 11) is 0. The molecule has 168 valence electrons. The molecule has 0 saturated carbocycles. The fourth-order valence-electron chi connectivity index (χ4n) is 4.79. The third-order valence-corrected chi connectivity index (χ3v) is 6.53. The van der Waals surface area contributed by atoms with Crippen LogP contribution in [0.1, 0.15) is 91.8 Å². The van der Waals surface area contributed by atoms with Crippen LogP contribution in [0.15, 0.2) is 42.1 Å². The molecule has 1 fully saturated rings. The number of ketones is 2. The fraction of sp³-hybridized carbons (Fsp3) is 0.429. The van der Waals surface area contributed by atoms with E-state index in [1.54, 1.807) is 18.2 Å². The molecular formula is C28H33NO3. The lowest BCUT2D eigenvalue weighted by Gasteiger charge is -2.31. The van der Waals surface area contributed by atoms with E-state index in [2.05, 4.69) is 46.4 Å². The third kappa shape index (κ3) is 3.66. The van der Waals surface area contributed by atoms with Crippen molar-refractivity contribution in [1.82, 2.24) is 4.90 Å². The Labute approximate surface area is 191 Å². The summed E-state index contributed by atoms with van der Waals surface area (Å²) in [5.74, 6) is 0.0689. The summed E-state index contributed by atoms with van der Waals surface area (Å²) in [6.07, 6.45) is 2.02. The number of phenolic OH excluding ortho intramolecular Hbond substituents is 1. The largest absolute Gasteiger partial charge is 0.507 e. The molecule has 1 aliphatic carbocycles. The first-order valence-electron chi connectivity index (χ1n) is 11.5. The van der Waals surface area contributed by atoms with Crippen molar-refractivity contribution in [1.29, 1.82) is 0 Å². The number of allylic oxidation sites excluding steroid dienone is 2. The summed E-state index contributed by atoms with van der Waals surface area (Å²) in [5, 5.41) is 11.2. The molecule has 0 amide bonds. The third-order valence-electron chi connectivity index (χ3n) is 6.53. The van der Waals surface area contributed by atoms with Crippen LogP contribution >= 0.6 is 0 Å². The van der Waals surface area contributed by atoms with Crippen molar-refractivity contribution in [3.05, 3.63) is 69.9 Å². The van der Waals surface area contributed by atoms with Gasteiger partial charge in [-0.25, -0.2) is 0 Å². The normalized spacial score (nSPS) is 17.2. The van der Waals surface area contributed by atoms with E-state index >= 15 is 0 Å². The minimum atomic E-state index is -0.325. The van der Waals surface area contributed by atoms with E-state index in [1.807, 2.05) is 18.2 Å². The minimum Gasteiger partial charge on any atom is -0.507 e. The van der Waals surface area contributed by atoms with Gasteiger partial charge in [-0.05, 0) is 41.4 Å². The highest BCUT2D eigenvalue weighted by Gasteiger charge is 2.38. The van der Waals surface area contributed by atoms with Gasteiger partial charge in [0.15, 0.2) is 5.78 Å². The molecule has 2 aromatic rings. The predicted octanol–water partition coefficient (Wildman–Crippen LogP) is 5.87. The van der Waals surface area contributed by atoms with Gasteiger partial charge < -0.3 is 10.0 Å². The molecule has 4 heteroatoms. The molecule has 4 rings (SSSR count). The molecule has 32 heavy (non-hydrogen) atoms. The number of aromatic hydroxyl groups is 1. The number of benzene rings is 2. The van der Waals surface area contributed by atoms with Gasteiger partial charge in [-0.3, -0.25) is 9.59 Å². The van der Waals surface area contributed by atoms with Gasteiger partial charge in [-0.1, -0.05) is 65.8 Å². The predicted molar refractivity (Wildman–Crippen MR) is 128 cm³/mol. The summed E-state index contributed by atoms with van der Waals surface area (Å²) in [4.78, 5) is 29.6. The van der Waals surface area contributed by atoms with Crippen LogP contribution in [0.25, 0.3) is 5.57 Å². The van der Waals surface area contributed by atoms with Crippen LogP contribution in [-0.2, 0) is 10.8 Å². The van der Waals surface area contributed by atoms with Crippen LogP contribution in [0.5, 0.6) is 5.75 Å². The van der Waals surface area contributed by atoms with Gasteiger partial charge in [-0.2, -0.15) is 0 Å². The number of Topliss-reactive ketones (excluding diaryl/α,β-unsaturated/α-hetero) is 2. The Morgan fingerprint density at radius 3 is 1.72 bits per heavy atom. The second kappa shape index (κ2) is 7.61. The lowest BCUT2D eigenvalue weighted by atomic mass is 9.76. The first-order chi connectivity index (χ1) is 14.9. The van der Waals surface area contributed by atoms with Gasteiger partial charge in [0.25, 0.3) is 0 Å². The minimum absolute atomic E-state index is 0.0835. The summed E-state index contributed by atoms with van der Waals surface area (Å²) in [6.45, 7) is 13.9. The lowest BCUT2D eigenvalue weighted by Crippen LogP contribution is -2.32. The summed E-state index contributed by atoms with van der Waals surface area (Å²) < 4.78 is 0. The number of carbonyl (C=O) groups is 2. The number of phenols is 1. The first-order valence-corrected chi connectivity index (χ1v) is 11.5. The second-order valence-electron chi connectivity index (χ2n) is 11.0. The molecule has 1 N–H and O–H groups in total. The van der Waals surface area contributed by atoms with Crippen molar-refractivity contribution in [2.24, 2.45) is 0 Å². The molecule has 0 aromatic heterocycles. The number of nitrogens with zero attached hydrogens (tertiary/aromatic N) is 1. The summed E-state index contributed by atoms with van der Waals surface area (Å²) in [5.41, 5.74) is 3.55. The van der Waals surface area contributed by atoms with Crippen molar-refractivity contribution in [3.63, 3.8) is 0 Å². The number of hydrogen-bond donors (Lipinski definition) is 1. The molecule has 0 bridgehead atoms. The molecule has 1 saturated heterocycles. The number of carbonyl (C=O) groups excluding carboxylic acids is 2. The van der Waals surface area contributed by atoms with E-state index in [9.17, 15) is 14.7 Å². The standard InChI is InChI=1S/C28H33NO3/c1-27(2,3)20-15-17(16-21(26(20)32)28(4,5)6)22-23(29-13-9-10-14-29)25(31)19-12-8-7-11-18(19)24(22)30/h7-8,11-12,15-16,32H,9-10,13-14H2,1-6H3. The first kappa shape index (κ1) is 22.3. The molecule has 1 aliphatic heterocycles. The van der Waals surface area contributed by atoms with Crippen LogP contribution in [0, 0.1) is 0 Å². The number of likely N-dealkylation sites (tertiary alicyclic amines) is 1. The Balaban J connectivity index is 2.06. The van der Waals surface area contributed by atoms with Crippen molar-refractivity contribution >= 4 is 17.1 Å². The number of rotatable bonds is 2. The van der Waals surface area contributed by atoms with Crippen LogP contribution < -0.4 is 0 Å². The van der Waals surface area contributed by atoms with Crippen LogP contribution in [0.3, 0.4) is 0 Å². The summed E-state index contributed by atoms with van der Waals surface area (Å²) >= 11 is 0. The molecule has 4 nitrogen and oxygen atoms in total. The highest BCUT2D eigenvalue weighted by molar-refractivity contribution is 6.40. The highest BCUT2D eigenvalue weighted by Crippen LogP contribution is 2.43. The van der Waals surface area contributed by atoms with E-state index in [-0.39, 0.29) is 28.1 Å². The molecular weight excluding hydrogens is 398 g/mol. The molecule has 1 heterocycles. The number of fused-ring (bicyclic) bond motifs is 1. The van der Waals surface area contributed by atoms with Gasteiger partial charge >= 0.3 is 0 Å². The highest BCUT2D eigenvalue weighted by atomic mass is 16.3. The van der Waals surface area contributed by atoms with Crippen molar-refractivity contribution in [2.45, 2.75) is 65.2 Å². The average molecular weight is 432 g/mol. The van der Waals surface area contributed by atoms with Gasteiger partial charge in [0.1, 0.15) is 5.75 Å². The van der Waals surface area contributed by atoms with Gasteiger partial charge in [0, 0.05) is 35.3 Å². The van der Waals surface area contributed by atoms with E-state index in [0.717, 1.165) is 37.1 Å². The van der Waals surface area contributed by atoms with Crippen LogP contribution in [-0.4, -0.2) is 34.7 Å². The van der Waals surface area contributed by atoms with Gasteiger partial charge in [0.05, 0.1) is 11.3 Å². The van der Waals surface area contributed by atoms with Crippen molar-refractivity contribution in [3.8, 4) is 5.75 Å². The monoisotopic (exact) mass is 431 g/mol. The van der Waals surface area contributed by atoms with Crippen molar-refractivity contribution < 1.29 is 14.7 Å². The quantitative estimate of drug-likeness (QED) is 0.646. The zero-order valence-electron chi connectivity index (χ0n) is 20.0. The SMILES string of the molecule is CC(C)(C)c1cc(C2=C(N3CCCC3)C(=O)c3ccccc3C2=O)cc(C(C)(C)C)c1O. The summed E-state index contributed by atoms with van der Waals surface area (Å²) in [6, 6.07) is 10.9. The van der Waals surface area contributed by atoms with Gasteiger partial charge in [-0.15, -0.1) is 0 Å². The molecule has 0 radical (unpaired) electrons. The Morgan fingerprint density at radius 1 is 0.781 bits per heavy atom. The Morgan fingerprint density at radius 2 is 1.25 bits per heavy atom. The lowest BCUT2D eigenvalue weighted by molar-refractivity contribution is 0.0964. The number of hydrogen-bond acceptors (Lipinski definition) is 4. The molecule has 2 aromatic carbocycles. The maximum absolute atomic E-state index is 13.8. The molecule has 0 atom stereocenters. The molecule has 0 unspecified atom stereocenters. The van der Waals surface area contributed by atoms with E-state index < -0.39 is 0 Å². The van der Waals surface area contributed by atoms with Crippen molar-refractivity contribution in [2.75, 3.05) is 13.1 Å². The Kier molecular flexibility index (Phi) is 5.31. The van der Waals surface area contributed by atoms with Gasteiger partial charge in [0.2, 0.25) is 5.78 Å². The Bertz CT molecular complexity index is 1100. The average Bonchev–Trinajstić information content (AvgIpc) is 3.23. The zero-order valence-corrected chi connectivity index (χ0v) is 20.0. The maximum atomic E-state index is 13.8. The topological polar surface area (TPSA) is 57.6 Å². The van der Waals surface area contributed by atoms with E-state index in [4.69, 9.17) is 0 Å². The van der Waals surface area contributed by atoms with E-state index in [0.29, 0.717) is 28.0 Å². The molecule has 2 aliphatic rings. The molecule has 0 spiro atoms. The fourth-order valence-corrected chi connectivity index (χ4v) is 4.79. The van der Waals surface area contributed by atoms with Crippen LogP contribution in [0.2, 0.25) is 0 Å². The second-order valence-corrected chi connectivity index (χ2v) is 11.0. The smallest absolute Gasteiger partial charge is 0.210 e. The Hall–Kier alpha value is -2.88. The maximum Gasteiger partial charge on any atom is 0.210 e.